The first-order valence-electron chi connectivity index (χ1n) is 6.90. The summed E-state index contributed by atoms with van der Waals surface area (Å²) in [6.07, 6.45) is 0. The van der Waals surface area contributed by atoms with Crippen LogP contribution < -0.4 is 4.90 Å². The molecule has 0 unspecified atom stereocenters. The Labute approximate surface area is 119 Å². The number of amides is 1. The second-order valence-corrected chi connectivity index (χ2v) is 4.90. The minimum atomic E-state index is -0.318. The number of hydrogen-bond donors (Lipinski definition) is 1. The van der Waals surface area contributed by atoms with Crippen molar-refractivity contribution < 1.29 is 14.3 Å². The first kappa shape index (κ1) is 16.6. The van der Waals surface area contributed by atoms with E-state index in [-0.39, 0.29) is 30.9 Å². The summed E-state index contributed by atoms with van der Waals surface area (Å²) >= 11 is 0. The lowest BCUT2D eigenvalue weighted by Crippen LogP contribution is -2.44. The number of carbonyl (C=O) groups excluding carboxylic acids is 1. The zero-order chi connectivity index (χ0) is 15.1. The van der Waals surface area contributed by atoms with Crippen molar-refractivity contribution in [2.45, 2.75) is 26.8 Å². The second-order valence-electron chi connectivity index (χ2n) is 4.90. The van der Waals surface area contributed by atoms with E-state index in [9.17, 15) is 9.18 Å². The van der Waals surface area contributed by atoms with Gasteiger partial charge < -0.3 is 10.0 Å². The Balaban J connectivity index is 2.78. The molecule has 4 nitrogen and oxygen atoms in total. The van der Waals surface area contributed by atoms with Gasteiger partial charge in [0.2, 0.25) is 5.91 Å². The normalized spacial score (nSPS) is 11.2. The van der Waals surface area contributed by atoms with E-state index in [1.807, 2.05) is 25.7 Å². The maximum atomic E-state index is 12.9. The second kappa shape index (κ2) is 7.97. The first-order chi connectivity index (χ1) is 9.49. The summed E-state index contributed by atoms with van der Waals surface area (Å²) in [7, 11) is 0. The molecule has 0 aliphatic carbocycles. The molecule has 0 atom stereocenters. The van der Waals surface area contributed by atoms with Gasteiger partial charge in [0.25, 0.3) is 0 Å². The maximum absolute atomic E-state index is 12.9. The van der Waals surface area contributed by atoms with Crippen LogP contribution in [-0.2, 0) is 4.79 Å². The van der Waals surface area contributed by atoms with Crippen LogP contribution in [0, 0.1) is 5.82 Å². The minimum absolute atomic E-state index is 0.0220. The smallest absolute Gasteiger partial charge is 0.241 e. The maximum Gasteiger partial charge on any atom is 0.241 e. The van der Waals surface area contributed by atoms with Crippen molar-refractivity contribution in [2.75, 3.05) is 31.1 Å². The van der Waals surface area contributed by atoms with Crippen molar-refractivity contribution in [3.63, 3.8) is 0 Å². The van der Waals surface area contributed by atoms with Gasteiger partial charge in [0.1, 0.15) is 5.82 Å². The largest absolute Gasteiger partial charge is 0.395 e. The lowest BCUT2D eigenvalue weighted by molar-refractivity contribution is -0.120. The zero-order valence-corrected chi connectivity index (χ0v) is 12.3. The lowest BCUT2D eigenvalue weighted by atomic mass is 10.2. The van der Waals surface area contributed by atoms with Gasteiger partial charge in [-0.2, -0.15) is 0 Å². The molecule has 0 aromatic heterocycles. The van der Waals surface area contributed by atoms with E-state index in [4.69, 9.17) is 5.11 Å². The number of aliphatic hydroxyl groups excluding tert-OH is 1. The molecule has 0 radical (unpaired) electrons. The molecule has 0 spiro atoms. The fraction of sp³-hybridized carbons (Fsp3) is 0.533. The Morgan fingerprint density at radius 3 is 2.35 bits per heavy atom. The van der Waals surface area contributed by atoms with Crippen LogP contribution in [0.3, 0.4) is 0 Å². The molecule has 5 heteroatoms. The van der Waals surface area contributed by atoms with Gasteiger partial charge in [0, 0.05) is 24.8 Å². The van der Waals surface area contributed by atoms with Gasteiger partial charge >= 0.3 is 0 Å². The van der Waals surface area contributed by atoms with Crippen LogP contribution in [0.4, 0.5) is 10.1 Å². The molecule has 1 N–H and O–H groups in total. The molecule has 0 aliphatic rings. The molecule has 1 aromatic rings. The Bertz CT molecular complexity index is 420. The van der Waals surface area contributed by atoms with Crippen LogP contribution in [0.1, 0.15) is 20.8 Å². The number of anilines is 1. The van der Waals surface area contributed by atoms with Gasteiger partial charge in [0.05, 0.1) is 13.2 Å². The highest BCUT2D eigenvalue weighted by atomic mass is 19.1. The molecule has 1 aromatic carbocycles. The average molecular weight is 282 g/mol. The zero-order valence-electron chi connectivity index (χ0n) is 12.3. The van der Waals surface area contributed by atoms with Gasteiger partial charge in [-0.05, 0) is 45.0 Å². The number of halogens is 1. The van der Waals surface area contributed by atoms with Crippen LogP contribution >= 0.6 is 0 Å². The highest BCUT2D eigenvalue weighted by molar-refractivity contribution is 5.94. The summed E-state index contributed by atoms with van der Waals surface area (Å²) in [5.41, 5.74) is 0.687. The van der Waals surface area contributed by atoms with Crippen molar-refractivity contribution >= 4 is 11.6 Å². The summed E-state index contributed by atoms with van der Waals surface area (Å²) in [4.78, 5) is 15.9. The summed E-state index contributed by atoms with van der Waals surface area (Å²) in [5, 5.41) is 9.03. The van der Waals surface area contributed by atoms with Crippen LogP contribution in [0.2, 0.25) is 0 Å². The van der Waals surface area contributed by atoms with E-state index in [2.05, 4.69) is 0 Å². The molecule has 112 valence electrons. The third-order valence-corrected chi connectivity index (χ3v) is 3.21. The predicted octanol–water partition coefficient (Wildman–Crippen LogP) is 1.88. The van der Waals surface area contributed by atoms with E-state index in [0.717, 1.165) is 0 Å². The summed E-state index contributed by atoms with van der Waals surface area (Å²) in [5.74, 6) is -0.373. The third-order valence-electron chi connectivity index (χ3n) is 3.21. The fourth-order valence-electron chi connectivity index (χ4n) is 2.03. The summed E-state index contributed by atoms with van der Waals surface area (Å²) in [6, 6.07) is 6.07. The number of hydrogen-bond acceptors (Lipinski definition) is 3. The Morgan fingerprint density at radius 2 is 1.90 bits per heavy atom. The van der Waals surface area contributed by atoms with Crippen molar-refractivity contribution in [3.05, 3.63) is 30.1 Å². The molecule has 20 heavy (non-hydrogen) atoms. The van der Waals surface area contributed by atoms with E-state index < -0.39 is 0 Å². The number of likely N-dealkylation sites (N-methyl/N-ethyl adjacent to an activating group) is 1. The van der Waals surface area contributed by atoms with Crippen molar-refractivity contribution in [1.29, 1.82) is 0 Å². The quantitative estimate of drug-likeness (QED) is 0.830. The average Bonchev–Trinajstić information content (AvgIpc) is 2.41. The topological polar surface area (TPSA) is 43.8 Å². The van der Waals surface area contributed by atoms with Gasteiger partial charge in [-0.1, -0.05) is 0 Å². The van der Waals surface area contributed by atoms with Crippen molar-refractivity contribution in [3.8, 4) is 0 Å². The molecule has 0 aliphatic heterocycles. The third kappa shape index (κ3) is 4.58. The Hall–Kier alpha value is -1.46. The molecule has 0 heterocycles. The molecule has 0 bridgehead atoms. The van der Waals surface area contributed by atoms with Gasteiger partial charge in [-0.3, -0.25) is 9.69 Å². The monoisotopic (exact) mass is 282 g/mol. The summed E-state index contributed by atoms with van der Waals surface area (Å²) in [6.45, 7) is 7.10. The Kier molecular flexibility index (Phi) is 6.61. The van der Waals surface area contributed by atoms with Gasteiger partial charge in [0.15, 0.2) is 0 Å². The van der Waals surface area contributed by atoms with E-state index in [1.54, 1.807) is 17.0 Å². The van der Waals surface area contributed by atoms with Crippen LogP contribution in [0.5, 0.6) is 0 Å². The lowest BCUT2D eigenvalue weighted by Gasteiger charge is -2.28. The van der Waals surface area contributed by atoms with Gasteiger partial charge in [-0.15, -0.1) is 0 Å². The molecule has 0 saturated carbocycles. The molecular weight excluding hydrogens is 259 g/mol. The number of aliphatic hydroxyl groups is 1. The van der Waals surface area contributed by atoms with Crippen LogP contribution in [-0.4, -0.2) is 48.2 Å². The van der Waals surface area contributed by atoms with E-state index >= 15 is 0 Å². The number of rotatable bonds is 7. The highest BCUT2D eigenvalue weighted by Crippen LogP contribution is 2.15. The van der Waals surface area contributed by atoms with E-state index in [1.165, 1.54) is 12.1 Å². The standard InChI is InChI=1S/C15H23FN2O2/c1-4-18(14-7-5-13(16)6-8-14)15(20)11-17(9-10-19)12(2)3/h5-8,12,19H,4,9-11H2,1-3H3. The molecule has 0 fully saturated rings. The fourth-order valence-corrected chi connectivity index (χ4v) is 2.03. The summed E-state index contributed by atoms with van der Waals surface area (Å²) < 4.78 is 12.9. The van der Waals surface area contributed by atoms with Crippen molar-refractivity contribution in [1.82, 2.24) is 4.90 Å². The molecule has 1 amide bonds. The number of benzene rings is 1. The molecular formula is C15H23FN2O2. The number of carbonyl (C=O) groups is 1. The van der Waals surface area contributed by atoms with Crippen molar-refractivity contribution in [2.24, 2.45) is 0 Å². The van der Waals surface area contributed by atoms with Gasteiger partial charge in [-0.25, -0.2) is 4.39 Å². The van der Waals surface area contributed by atoms with Crippen LogP contribution in [0.25, 0.3) is 0 Å². The molecule has 1 rings (SSSR count). The SMILES string of the molecule is CCN(C(=O)CN(CCO)C(C)C)c1ccc(F)cc1. The predicted molar refractivity (Wildman–Crippen MR) is 78.2 cm³/mol. The van der Waals surface area contributed by atoms with E-state index in [0.29, 0.717) is 18.8 Å². The Morgan fingerprint density at radius 1 is 1.30 bits per heavy atom. The van der Waals surface area contributed by atoms with Crippen LogP contribution in [0.15, 0.2) is 24.3 Å². The first-order valence-corrected chi connectivity index (χ1v) is 6.90. The minimum Gasteiger partial charge on any atom is -0.395 e. The highest BCUT2D eigenvalue weighted by Gasteiger charge is 2.19. The number of nitrogens with zero attached hydrogens (tertiary/aromatic N) is 2. The molecule has 0 saturated heterocycles.